The molecule has 4 rings (SSSR count). The van der Waals surface area contributed by atoms with Crippen molar-refractivity contribution < 1.29 is 38.3 Å². The number of carbonyl (C=O) groups excluding carboxylic acids is 5. The molecule has 2 fully saturated rings. The predicted molar refractivity (Wildman–Crippen MR) is 156 cm³/mol. The second kappa shape index (κ2) is 13.7. The highest BCUT2D eigenvalue weighted by molar-refractivity contribution is 7.10. The number of esters is 1. The van der Waals surface area contributed by atoms with Crippen molar-refractivity contribution in [3.63, 3.8) is 0 Å². The summed E-state index contributed by atoms with van der Waals surface area (Å²) in [7, 11) is 1.29. The van der Waals surface area contributed by atoms with Crippen LogP contribution in [0.2, 0.25) is 0 Å². The van der Waals surface area contributed by atoms with Gasteiger partial charge in [-0.3, -0.25) is 14.4 Å². The Kier molecular flexibility index (Phi) is 10.0. The quantitative estimate of drug-likeness (QED) is 0.0757. The molecule has 3 atom stereocenters. The molecule has 0 bridgehead atoms. The number of nitrogens with zero attached hydrogens (tertiary/aromatic N) is 2. The molecular formula is C29H35N5O8S. The Morgan fingerprint density at radius 3 is 2.67 bits per heavy atom. The zero-order chi connectivity index (χ0) is 31.1. The average molecular weight is 614 g/mol. The number of amides is 3. The van der Waals surface area contributed by atoms with Crippen molar-refractivity contribution in [2.75, 3.05) is 20.3 Å². The number of benzene rings is 1. The first-order valence-electron chi connectivity index (χ1n) is 13.8. The lowest BCUT2D eigenvalue weighted by Gasteiger charge is -2.27. The minimum Gasteiger partial charge on any atom is -0.493 e. The number of rotatable bonds is 13. The molecule has 230 valence electrons. The second-order valence-corrected chi connectivity index (χ2v) is 11.7. The monoisotopic (exact) mass is 613 g/mol. The van der Waals surface area contributed by atoms with Crippen LogP contribution in [0.5, 0.6) is 5.75 Å². The van der Waals surface area contributed by atoms with Crippen LogP contribution in [-0.4, -0.2) is 72.7 Å². The van der Waals surface area contributed by atoms with Gasteiger partial charge in [-0.15, -0.1) is 11.3 Å². The van der Waals surface area contributed by atoms with E-state index in [-0.39, 0.29) is 61.1 Å². The van der Waals surface area contributed by atoms with Crippen LogP contribution in [0.15, 0.2) is 40.9 Å². The van der Waals surface area contributed by atoms with E-state index in [4.69, 9.17) is 15.2 Å². The van der Waals surface area contributed by atoms with Crippen molar-refractivity contribution in [1.29, 1.82) is 0 Å². The van der Waals surface area contributed by atoms with Gasteiger partial charge in [0.05, 0.1) is 26.8 Å². The number of likely N-dealkylation sites (tertiary alicyclic amines) is 1. The van der Waals surface area contributed by atoms with E-state index in [1.54, 1.807) is 40.6 Å². The second-order valence-electron chi connectivity index (χ2n) is 10.7. The average Bonchev–Trinajstić information content (AvgIpc) is 3.30. The number of amidine groups is 1. The van der Waals surface area contributed by atoms with Crippen LogP contribution >= 0.6 is 11.3 Å². The number of methoxy groups -OCH3 is 1. The zero-order valence-corrected chi connectivity index (χ0v) is 25.0. The maximum atomic E-state index is 13.2. The third-order valence-corrected chi connectivity index (χ3v) is 8.36. The molecule has 43 heavy (non-hydrogen) atoms. The first-order valence-corrected chi connectivity index (χ1v) is 14.6. The fraction of sp³-hybridized carbons (Fsp3) is 0.448. The summed E-state index contributed by atoms with van der Waals surface area (Å²) in [5, 5.41) is 10.8. The molecule has 1 aliphatic heterocycles. The summed E-state index contributed by atoms with van der Waals surface area (Å²) in [6, 6.07) is 7.74. The molecule has 1 aromatic carbocycles. The fourth-order valence-electron chi connectivity index (χ4n) is 5.07. The number of ether oxygens (including phenoxy) is 2. The van der Waals surface area contributed by atoms with Crippen LogP contribution in [0.4, 0.5) is 0 Å². The fourth-order valence-corrected chi connectivity index (χ4v) is 5.88. The van der Waals surface area contributed by atoms with Gasteiger partial charge in [0.2, 0.25) is 17.7 Å². The lowest BCUT2D eigenvalue weighted by atomic mass is 10.0. The lowest BCUT2D eigenvalue weighted by molar-refractivity contribution is -0.141. The molecule has 2 heterocycles. The van der Waals surface area contributed by atoms with Crippen molar-refractivity contribution in [3.05, 3.63) is 51.7 Å². The van der Waals surface area contributed by atoms with Crippen LogP contribution in [0.3, 0.4) is 0 Å². The van der Waals surface area contributed by atoms with E-state index in [9.17, 15) is 24.0 Å². The summed E-state index contributed by atoms with van der Waals surface area (Å²) in [5.74, 6) is -1.58. The third kappa shape index (κ3) is 7.89. The number of thiophene rings is 1. The van der Waals surface area contributed by atoms with E-state index in [1.807, 2.05) is 0 Å². The van der Waals surface area contributed by atoms with E-state index in [0.717, 1.165) is 11.3 Å². The van der Waals surface area contributed by atoms with Crippen molar-refractivity contribution in [2.45, 2.75) is 58.2 Å². The first kappa shape index (κ1) is 31.5. The van der Waals surface area contributed by atoms with Crippen molar-refractivity contribution in [2.24, 2.45) is 16.3 Å². The smallest absolute Gasteiger partial charge is 0.341 e. The minimum absolute atomic E-state index is 0.0402. The zero-order valence-electron chi connectivity index (χ0n) is 24.2. The summed E-state index contributed by atoms with van der Waals surface area (Å²) in [6.45, 7) is 3.49. The van der Waals surface area contributed by atoms with Crippen LogP contribution in [0.25, 0.3) is 0 Å². The summed E-state index contributed by atoms with van der Waals surface area (Å²) in [5.41, 5.74) is 6.57. The number of nitrogens with one attached hydrogen (secondary N) is 2. The van der Waals surface area contributed by atoms with Crippen molar-refractivity contribution >= 4 is 46.8 Å². The van der Waals surface area contributed by atoms with Gasteiger partial charge in [-0.2, -0.15) is 0 Å². The number of carbonyl (C=O) groups is 5. The van der Waals surface area contributed by atoms with Crippen LogP contribution in [-0.2, 0) is 35.3 Å². The van der Waals surface area contributed by atoms with Gasteiger partial charge in [-0.05, 0) is 42.9 Å². The molecule has 2 aliphatic rings. The number of hydrogen-bond acceptors (Lipinski definition) is 10. The van der Waals surface area contributed by atoms with Gasteiger partial charge in [0.1, 0.15) is 17.4 Å². The number of piperidine rings is 1. The molecule has 13 nitrogen and oxygen atoms in total. The number of fused-ring (bicyclic) bond motifs is 1. The topological polar surface area (TPSA) is 179 Å². The molecule has 14 heteroatoms. The van der Waals surface area contributed by atoms with Gasteiger partial charge >= 0.3 is 11.9 Å². The molecular weight excluding hydrogens is 578 g/mol. The molecule has 1 saturated carbocycles. The van der Waals surface area contributed by atoms with Gasteiger partial charge in [0, 0.05) is 35.2 Å². The normalized spacial score (nSPS) is 20.5. The van der Waals surface area contributed by atoms with E-state index < -0.39 is 18.0 Å². The highest BCUT2D eigenvalue weighted by Gasteiger charge is 2.64. The number of hydrogen-bond donors (Lipinski definition) is 3. The van der Waals surface area contributed by atoms with Crippen LogP contribution in [0.1, 0.15) is 60.3 Å². The number of nitrogens with two attached hydrogens (primary N) is 1. The Labute approximate surface area is 252 Å². The third-order valence-electron chi connectivity index (χ3n) is 7.42. The molecule has 1 aromatic heterocycles. The molecule has 1 saturated heterocycles. The van der Waals surface area contributed by atoms with E-state index >= 15 is 0 Å². The van der Waals surface area contributed by atoms with E-state index in [2.05, 4.69) is 27.6 Å². The van der Waals surface area contributed by atoms with Gasteiger partial charge in [0.15, 0.2) is 5.84 Å². The molecule has 1 aliphatic carbocycles. The largest absolute Gasteiger partial charge is 0.493 e. The van der Waals surface area contributed by atoms with Gasteiger partial charge in [0.25, 0.3) is 0 Å². The minimum atomic E-state index is -0.633. The standard InChI is InChI=1S/C29H35N5O8S/c1-17(35)42-33-26(30)18-11-19(43-16-18)14-32-27(38)21-12-29(2)13-23(29)34(21)25(37)15-31-24(36)9-6-10-41-22-8-5-4-7-20(22)28(39)40-3/h4-5,7-8,11,16,21,23H,6,9-10,12-15H2,1-3H3,(H2,30,33)(H,31,36)(H,32,38)/t21-,23-,29+/m0/s1. The molecule has 0 unspecified atom stereocenters. The lowest BCUT2D eigenvalue weighted by Crippen LogP contribution is -2.50. The Hall–Kier alpha value is -4.46. The van der Waals surface area contributed by atoms with Gasteiger partial charge in [-0.25, -0.2) is 9.59 Å². The number of oxime groups is 1. The Morgan fingerprint density at radius 2 is 1.93 bits per heavy atom. The molecule has 3 amide bonds. The van der Waals surface area contributed by atoms with E-state index in [0.29, 0.717) is 29.7 Å². The summed E-state index contributed by atoms with van der Waals surface area (Å²) in [6.07, 6.45) is 1.86. The van der Waals surface area contributed by atoms with Crippen LogP contribution < -0.4 is 21.1 Å². The Bertz CT molecular complexity index is 1420. The highest BCUT2D eigenvalue weighted by atomic mass is 32.1. The summed E-state index contributed by atoms with van der Waals surface area (Å²) in [4.78, 5) is 68.5. The summed E-state index contributed by atoms with van der Waals surface area (Å²) < 4.78 is 10.4. The maximum absolute atomic E-state index is 13.2. The first-order chi connectivity index (χ1) is 20.5. The maximum Gasteiger partial charge on any atom is 0.341 e. The predicted octanol–water partition coefficient (Wildman–Crippen LogP) is 1.69. The molecule has 2 aromatic rings. The van der Waals surface area contributed by atoms with Crippen LogP contribution in [0, 0.1) is 5.41 Å². The highest BCUT2D eigenvalue weighted by Crippen LogP contribution is 2.59. The van der Waals surface area contributed by atoms with Crippen molar-refractivity contribution in [3.8, 4) is 5.75 Å². The number of para-hydroxylation sites is 1. The molecule has 4 N–H and O–H groups in total. The SMILES string of the molecule is COC(=O)c1ccccc1OCCCC(=O)NCC(=O)N1[C@H]2C[C@@]2(C)C[C@H]1C(=O)NCc1cc(C(N)=NOC(C)=O)cs1. The van der Waals surface area contributed by atoms with Gasteiger partial charge < -0.3 is 35.6 Å². The van der Waals surface area contributed by atoms with Crippen molar-refractivity contribution in [1.82, 2.24) is 15.5 Å². The molecule has 0 radical (unpaired) electrons. The Morgan fingerprint density at radius 1 is 1.16 bits per heavy atom. The van der Waals surface area contributed by atoms with Gasteiger partial charge in [-0.1, -0.05) is 24.2 Å². The molecule has 0 spiro atoms. The van der Waals surface area contributed by atoms with E-state index in [1.165, 1.54) is 25.4 Å². The Balaban J connectivity index is 1.23. The summed E-state index contributed by atoms with van der Waals surface area (Å²) >= 11 is 1.36.